The molecule has 0 unspecified atom stereocenters. The van der Waals surface area contributed by atoms with Gasteiger partial charge in [-0.1, -0.05) is 25.0 Å². The maximum absolute atomic E-state index is 5.39. The Bertz CT molecular complexity index is 564. The standard InChI is InChI=1S/C16H20N2O/c1-19-15-6-2-5-14-13(15)9-11-18-16(14)17-10-3-4-12-7-8-12/h2,5-6,9,11-12H,3-4,7-8,10H2,1H3,(H,17,18). The molecule has 0 saturated heterocycles. The number of nitrogens with one attached hydrogen (secondary N) is 1. The number of methoxy groups -OCH3 is 1. The van der Waals surface area contributed by atoms with Crippen LogP contribution in [0.5, 0.6) is 5.75 Å². The summed E-state index contributed by atoms with van der Waals surface area (Å²) in [5.41, 5.74) is 0. The van der Waals surface area contributed by atoms with Crippen LogP contribution in [0.2, 0.25) is 0 Å². The van der Waals surface area contributed by atoms with E-state index in [1.807, 2.05) is 24.4 Å². The molecule has 3 rings (SSSR count). The van der Waals surface area contributed by atoms with Crippen molar-refractivity contribution in [2.24, 2.45) is 5.92 Å². The van der Waals surface area contributed by atoms with Crippen LogP contribution in [0.15, 0.2) is 30.5 Å². The SMILES string of the molecule is COc1cccc2c(NCCCC3CC3)nccc12. The van der Waals surface area contributed by atoms with Gasteiger partial charge in [-0.3, -0.25) is 0 Å². The van der Waals surface area contributed by atoms with E-state index in [2.05, 4.69) is 16.4 Å². The van der Waals surface area contributed by atoms with Crippen molar-refractivity contribution in [3.63, 3.8) is 0 Å². The van der Waals surface area contributed by atoms with E-state index in [0.29, 0.717) is 0 Å². The van der Waals surface area contributed by atoms with Crippen LogP contribution in [0, 0.1) is 5.92 Å². The van der Waals surface area contributed by atoms with Crippen LogP contribution in [0.1, 0.15) is 25.7 Å². The van der Waals surface area contributed by atoms with Gasteiger partial charge in [-0.2, -0.15) is 0 Å². The summed E-state index contributed by atoms with van der Waals surface area (Å²) in [7, 11) is 1.71. The summed E-state index contributed by atoms with van der Waals surface area (Å²) in [6.07, 6.45) is 7.29. The van der Waals surface area contributed by atoms with E-state index in [9.17, 15) is 0 Å². The molecule has 0 spiro atoms. The maximum atomic E-state index is 5.39. The van der Waals surface area contributed by atoms with Crippen LogP contribution >= 0.6 is 0 Å². The van der Waals surface area contributed by atoms with Crippen LogP contribution in [0.25, 0.3) is 10.8 Å². The molecule has 19 heavy (non-hydrogen) atoms. The molecule has 3 nitrogen and oxygen atoms in total. The smallest absolute Gasteiger partial charge is 0.133 e. The van der Waals surface area contributed by atoms with Crippen molar-refractivity contribution in [2.75, 3.05) is 19.0 Å². The summed E-state index contributed by atoms with van der Waals surface area (Å²) in [6.45, 7) is 1.000. The number of hydrogen-bond acceptors (Lipinski definition) is 3. The van der Waals surface area contributed by atoms with Crippen LogP contribution in [-0.4, -0.2) is 18.6 Å². The van der Waals surface area contributed by atoms with Crippen molar-refractivity contribution in [1.82, 2.24) is 4.98 Å². The maximum Gasteiger partial charge on any atom is 0.133 e. The Kier molecular flexibility index (Phi) is 3.53. The van der Waals surface area contributed by atoms with Gasteiger partial charge in [-0.15, -0.1) is 0 Å². The minimum atomic E-state index is 0.904. The molecule has 1 aliphatic carbocycles. The minimum Gasteiger partial charge on any atom is -0.496 e. The Labute approximate surface area is 114 Å². The Morgan fingerprint density at radius 1 is 1.26 bits per heavy atom. The number of rotatable bonds is 6. The van der Waals surface area contributed by atoms with Gasteiger partial charge < -0.3 is 10.1 Å². The van der Waals surface area contributed by atoms with Crippen molar-refractivity contribution in [2.45, 2.75) is 25.7 Å². The molecular formula is C16H20N2O. The number of nitrogens with zero attached hydrogens (tertiary/aromatic N) is 1. The molecule has 1 aliphatic rings. The van der Waals surface area contributed by atoms with E-state index < -0.39 is 0 Å². The zero-order chi connectivity index (χ0) is 13.1. The van der Waals surface area contributed by atoms with Gasteiger partial charge in [0.05, 0.1) is 7.11 Å². The number of anilines is 1. The summed E-state index contributed by atoms with van der Waals surface area (Å²) in [4.78, 5) is 4.45. The normalized spacial score (nSPS) is 14.6. The van der Waals surface area contributed by atoms with E-state index in [-0.39, 0.29) is 0 Å². The third-order valence-electron chi connectivity index (χ3n) is 3.76. The first-order valence-electron chi connectivity index (χ1n) is 7.04. The van der Waals surface area contributed by atoms with E-state index >= 15 is 0 Å². The van der Waals surface area contributed by atoms with Gasteiger partial charge >= 0.3 is 0 Å². The van der Waals surface area contributed by atoms with Crippen molar-refractivity contribution in [3.05, 3.63) is 30.5 Å². The van der Waals surface area contributed by atoms with Gasteiger partial charge in [0.25, 0.3) is 0 Å². The molecule has 1 fully saturated rings. The molecule has 3 heteroatoms. The summed E-state index contributed by atoms with van der Waals surface area (Å²) < 4.78 is 5.39. The number of fused-ring (bicyclic) bond motifs is 1. The molecule has 100 valence electrons. The second kappa shape index (κ2) is 5.47. The van der Waals surface area contributed by atoms with Gasteiger partial charge in [-0.05, 0) is 30.9 Å². The van der Waals surface area contributed by atoms with E-state index in [1.54, 1.807) is 7.11 Å². The summed E-state index contributed by atoms with van der Waals surface area (Å²) in [5.74, 6) is 2.87. The monoisotopic (exact) mass is 256 g/mol. The van der Waals surface area contributed by atoms with Gasteiger partial charge in [0.15, 0.2) is 0 Å². The van der Waals surface area contributed by atoms with Gasteiger partial charge in [0, 0.05) is 23.5 Å². The number of aromatic nitrogens is 1. The predicted octanol–water partition coefficient (Wildman–Crippen LogP) is 3.85. The third-order valence-corrected chi connectivity index (χ3v) is 3.76. The Morgan fingerprint density at radius 2 is 2.16 bits per heavy atom. The average Bonchev–Trinajstić information content (AvgIpc) is 3.27. The molecule has 2 aromatic rings. The predicted molar refractivity (Wildman–Crippen MR) is 78.7 cm³/mol. The van der Waals surface area contributed by atoms with Crippen molar-refractivity contribution < 1.29 is 4.74 Å². The molecule has 1 aromatic heterocycles. The first-order valence-corrected chi connectivity index (χ1v) is 7.04. The van der Waals surface area contributed by atoms with Crippen molar-refractivity contribution >= 4 is 16.6 Å². The molecule has 0 radical (unpaired) electrons. The summed E-state index contributed by atoms with van der Waals surface area (Å²) >= 11 is 0. The van der Waals surface area contributed by atoms with Crippen molar-refractivity contribution in [1.29, 1.82) is 0 Å². The highest BCUT2D eigenvalue weighted by Gasteiger charge is 2.19. The van der Waals surface area contributed by atoms with Gasteiger partial charge in [0.2, 0.25) is 0 Å². The Balaban J connectivity index is 1.74. The highest BCUT2D eigenvalue weighted by Crippen LogP contribution is 2.33. The number of pyridine rings is 1. The van der Waals surface area contributed by atoms with E-state index in [0.717, 1.165) is 34.8 Å². The van der Waals surface area contributed by atoms with Crippen LogP contribution in [0.4, 0.5) is 5.82 Å². The quantitative estimate of drug-likeness (QED) is 0.797. The average molecular weight is 256 g/mol. The highest BCUT2D eigenvalue weighted by atomic mass is 16.5. The topological polar surface area (TPSA) is 34.1 Å². The summed E-state index contributed by atoms with van der Waals surface area (Å²) in [5, 5.41) is 5.70. The Morgan fingerprint density at radius 3 is 2.95 bits per heavy atom. The highest BCUT2D eigenvalue weighted by molar-refractivity contribution is 5.95. The third kappa shape index (κ3) is 2.80. The first kappa shape index (κ1) is 12.3. The number of benzene rings is 1. The molecule has 0 bridgehead atoms. The van der Waals surface area contributed by atoms with E-state index in [1.165, 1.54) is 25.7 Å². The first-order chi connectivity index (χ1) is 9.38. The van der Waals surface area contributed by atoms with E-state index in [4.69, 9.17) is 4.74 Å². The van der Waals surface area contributed by atoms with Crippen LogP contribution < -0.4 is 10.1 Å². The fourth-order valence-corrected chi connectivity index (χ4v) is 2.50. The fourth-order valence-electron chi connectivity index (χ4n) is 2.50. The lowest BCUT2D eigenvalue weighted by Gasteiger charge is -2.10. The fraction of sp³-hybridized carbons (Fsp3) is 0.438. The Hall–Kier alpha value is -1.77. The summed E-state index contributed by atoms with van der Waals surface area (Å²) in [6, 6.07) is 8.09. The second-order valence-corrected chi connectivity index (χ2v) is 5.23. The number of hydrogen-bond donors (Lipinski definition) is 1. The molecule has 1 heterocycles. The molecule has 1 N–H and O–H groups in total. The zero-order valence-corrected chi connectivity index (χ0v) is 11.4. The molecule has 0 atom stereocenters. The van der Waals surface area contributed by atoms with Crippen LogP contribution in [-0.2, 0) is 0 Å². The molecule has 0 aliphatic heterocycles. The second-order valence-electron chi connectivity index (χ2n) is 5.23. The zero-order valence-electron chi connectivity index (χ0n) is 11.4. The van der Waals surface area contributed by atoms with Gasteiger partial charge in [-0.25, -0.2) is 4.98 Å². The van der Waals surface area contributed by atoms with Crippen molar-refractivity contribution in [3.8, 4) is 5.75 Å². The van der Waals surface area contributed by atoms with Crippen LogP contribution in [0.3, 0.4) is 0 Å². The minimum absolute atomic E-state index is 0.904. The molecule has 1 saturated carbocycles. The lowest BCUT2D eigenvalue weighted by atomic mass is 10.1. The largest absolute Gasteiger partial charge is 0.496 e. The number of ether oxygens (including phenoxy) is 1. The lowest BCUT2D eigenvalue weighted by molar-refractivity contribution is 0.420. The molecular weight excluding hydrogens is 236 g/mol. The molecule has 1 aromatic carbocycles. The molecule has 0 amide bonds. The van der Waals surface area contributed by atoms with Gasteiger partial charge in [0.1, 0.15) is 11.6 Å². The lowest BCUT2D eigenvalue weighted by Crippen LogP contribution is -2.04.